The Hall–Kier alpha value is -1.56. The second kappa shape index (κ2) is 11.5. The van der Waals surface area contributed by atoms with Gasteiger partial charge in [-0.25, -0.2) is 0 Å². The molecule has 1 saturated heterocycles. The molecule has 1 amide bonds. The number of guanidine groups is 1. The number of hydrogen-bond donors (Lipinski definition) is 2. The van der Waals surface area contributed by atoms with Crippen LogP contribution in [0.3, 0.4) is 0 Å². The van der Waals surface area contributed by atoms with E-state index in [2.05, 4.69) is 20.5 Å². The summed E-state index contributed by atoms with van der Waals surface area (Å²) in [4.78, 5) is 19.8. The van der Waals surface area contributed by atoms with Crippen molar-refractivity contribution < 1.29 is 18.0 Å². The molecule has 2 N–H and O–H groups in total. The van der Waals surface area contributed by atoms with Crippen molar-refractivity contribution in [1.82, 2.24) is 20.4 Å². The fourth-order valence-electron chi connectivity index (χ4n) is 4.29. The van der Waals surface area contributed by atoms with E-state index < -0.39 is 11.7 Å². The van der Waals surface area contributed by atoms with E-state index >= 15 is 0 Å². The van der Waals surface area contributed by atoms with Crippen LogP contribution in [0.15, 0.2) is 29.3 Å². The van der Waals surface area contributed by atoms with Crippen molar-refractivity contribution in [3.05, 3.63) is 35.4 Å². The number of nitrogens with zero attached hydrogens (tertiary/aromatic N) is 3. The molecule has 1 heterocycles. The Balaban J connectivity index is 0.00000363. The molecule has 32 heavy (non-hydrogen) atoms. The number of halogens is 4. The van der Waals surface area contributed by atoms with E-state index in [1.54, 1.807) is 20.0 Å². The standard InChI is InChI=1S/C22H32F3N5O.HI/c1-17(31)30-13-11-29(12-14-30)10-9-27-20(26-2)28-16-21(7-4-8-21)18-5-3-6-19(15-18)22(23,24)25;/h3,5-6,15H,4,7-14,16H2,1-2H3,(H2,26,27,28);1H. The number of aliphatic imine (C=N–C) groups is 1. The van der Waals surface area contributed by atoms with E-state index in [0.29, 0.717) is 19.0 Å². The van der Waals surface area contributed by atoms with Crippen LogP contribution in [0, 0.1) is 0 Å². The van der Waals surface area contributed by atoms with E-state index in [1.807, 2.05) is 4.90 Å². The Morgan fingerprint density at radius 1 is 1.16 bits per heavy atom. The highest BCUT2D eigenvalue weighted by molar-refractivity contribution is 14.0. The van der Waals surface area contributed by atoms with Gasteiger partial charge in [0.15, 0.2) is 5.96 Å². The van der Waals surface area contributed by atoms with Gasteiger partial charge in [0.2, 0.25) is 5.91 Å². The molecule has 0 aromatic heterocycles. The van der Waals surface area contributed by atoms with Crippen molar-refractivity contribution in [2.24, 2.45) is 4.99 Å². The van der Waals surface area contributed by atoms with E-state index in [4.69, 9.17) is 0 Å². The number of piperazine rings is 1. The van der Waals surface area contributed by atoms with E-state index in [1.165, 1.54) is 12.1 Å². The molecule has 1 aliphatic heterocycles. The minimum absolute atomic E-state index is 0. The topological polar surface area (TPSA) is 60.0 Å². The molecule has 0 radical (unpaired) electrons. The van der Waals surface area contributed by atoms with Crippen LogP contribution in [0.5, 0.6) is 0 Å². The zero-order chi connectivity index (χ0) is 22.5. The summed E-state index contributed by atoms with van der Waals surface area (Å²) in [7, 11) is 1.69. The molecule has 180 valence electrons. The quantitative estimate of drug-likeness (QED) is 0.316. The van der Waals surface area contributed by atoms with Crippen molar-refractivity contribution in [2.45, 2.75) is 37.8 Å². The zero-order valence-corrected chi connectivity index (χ0v) is 21.0. The van der Waals surface area contributed by atoms with Gasteiger partial charge in [-0.1, -0.05) is 24.6 Å². The SMILES string of the molecule is CN=C(NCCN1CCN(C(C)=O)CC1)NCC1(c2cccc(C(F)(F)F)c2)CCC1.I. The first kappa shape index (κ1) is 26.7. The van der Waals surface area contributed by atoms with Crippen molar-refractivity contribution in [3.63, 3.8) is 0 Å². The van der Waals surface area contributed by atoms with Crippen molar-refractivity contribution in [3.8, 4) is 0 Å². The summed E-state index contributed by atoms with van der Waals surface area (Å²) >= 11 is 0. The lowest BCUT2D eigenvalue weighted by molar-refractivity contribution is -0.137. The monoisotopic (exact) mass is 567 g/mol. The number of carbonyl (C=O) groups is 1. The first-order valence-corrected chi connectivity index (χ1v) is 10.8. The van der Waals surface area contributed by atoms with Gasteiger partial charge in [-0.15, -0.1) is 24.0 Å². The first-order chi connectivity index (χ1) is 14.7. The minimum atomic E-state index is -4.33. The lowest BCUT2D eigenvalue weighted by Crippen LogP contribution is -2.52. The molecule has 3 rings (SSSR count). The molecule has 1 aromatic rings. The maximum Gasteiger partial charge on any atom is 0.416 e. The predicted octanol–water partition coefficient (Wildman–Crippen LogP) is 3.07. The van der Waals surface area contributed by atoms with Crippen molar-refractivity contribution in [1.29, 1.82) is 0 Å². The van der Waals surface area contributed by atoms with Gasteiger partial charge in [-0.3, -0.25) is 14.7 Å². The number of rotatable bonds is 6. The highest BCUT2D eigenvalue weighted by Gasteiger charge is 2.40. The molecule has 1 saturated carbocycles. The molecule has 0 bridgehead atoms. The van der Waals surface area contributed by atoms with Crippen LogP contribution >= 0.6 is 24.0 Å². The van der Waals surface area contributed by atoms with Gasteiger partial charge in [0.25, 0.3) is 0 Å². The lowest BCUT2D eigenvalue weighted by Gasteiger charge is -2.43. The largest absolute Gasteiger partial charge is 0.416 e. The third kappa shape index (κ3) is 6.72. The molecule has 0 spiro atoms. The summed E-state index contributed by atoms with van der Waals surface area (Å²) in [6.45, 7) is 6.90. The Labute approximate surface area is 205 Å². The summed E-state index contributed by atoms with van der Waals surface area (Å²) < 4.78 is 39.4. The molecule has 0 atom stereocenters. The van der Waals surface area contributed by atoms with Crippen LogP contribution in [0.4, 0.5) is 13.2 Å². The van der Waals surface area contributed by atoms with E-state index in [0.717, 1.165) is 63.6 Å². The summed E-state index contributed by atoms with van der Waals surface area (Å²) in [6, 6.07) is 5.71. The van der Waals surface area contributed by atoms with Crippen LogP contribution in [-0.2, 0) is 16.4 Å². The maximum atomic E-state index is 13.1. The van der Waals surface area contributed by atoms with Crippen LogP contribution in [0.1, 0.15) is 37.3 Å². The fraction of sp³-hybridized carbons (Fsp3) is 0.636. The molecule has 2 fully saturated rings. The normalized spacial score (nSPS) is 19.0. The lowest BCUT2D eigenvalue weighted by atomic mass is 9.64. The van der Waals surface area contributed by atoms with Gasteiger partial charge in [0, 0.05) is 65.2 Å². The minimum Gasteiger partial charge on any atom is -0.356 e. The molecular weight excluding hydrogens is 534 g/mol. The predicted molar refractivity (Wildman–Crippen MR) is 130 cm³/mol. The number of alkyl halides is 3. The van der Waals surface area contributed by atoms with Crippen LogP contribution in [0.25, 0.3) is 0 Å². The third-order valence-electron chi connectivity index (χ3n) is 6.47. The van der Waals surface area contributed by atoms with Gasteiger partial charge >= 0.3 is 6.18 Å². The molecule has 1 aliphatic carbocycles. The Morgan fingerprint density at radius 2 is 1.84 bits per heavy atom. The number of nitrogens with one attached hydrogen (secondary N) is 2. The smallest absolute Gasteiger partial charge is 0.356 e. The van der Waals surface area contributed by atoms with Crippen molar-refractivity contribution >= 4 is 35.8 Å². The number of carbonyl (C=O) groups excluding carboxylic acids is 1. The first-order valence-electron chi connectivity index (χ1n) is 10.8. The molecular formula is C22H33F3IN5O. The Morgan fingerprint density at radius 3 is 2.38 bits per heavy atom. The zero-order valence-electron chi connectivity index (χ0n) is 18.7. The highest BCUT2D eigenvalue weighted by atomic mass is 127. The van der Waals surface area contributed by atoms with Gasteiger partial charge in [-0.2, -0.15) is 13.2 Å². The molecule has 10 heteroatoms. The fourth-order valence-corrected chi connectivity index (χ4v) is 4.29. The van der Waals surface area contributed by atoms with E-state index in [9.17, 15) is 18.0 Å². The third-order valence-corrected chi connectivity index (χ3v) is 6.47. The second-order valence-corrected chi connectivity index (χ2v) is 8.41. The van der Waals surface area contributed by atoms with Crippen LogP contribution in [0.2, 0.25) is 0 Å². The maximum absolute atomic E-state index is 13.1. The Kier molecular flexibility index (Phi) is 9.62. The number of hydrogen-bond acceptors (Lipinski definition) is 3. The Bertz CT molecular complexity index is 790. The molecule has 0 unspecified atom stereocenters. The number of amides is 1. The summed E-state index contributed by atoms with van der Waals surface area (Å²) in [5, 5.41) is 6.61. The average Bonchev–Trinajstić information content (AvgIpc) is 2.71. The highest BCUT2D eigenvalue weighted by Crippen LogP contribution is 2.44. The summed E-state index contributed by atoms with van der Waals surface area (Å²) in [6.07, 6.45) is -1.60. The summed E-state index contributed by atoms with van der Waals surface area (Å²) in [5.74, 6) is 0.772. The van der Waals surface area contributed by atoms with Crippen molar-refractivity contribution in [2.75, 3.05) is 52.9 Å². The average molecular weight is 567 g/mol. The van der Waals surface area contributed by atoms with Crippen LogP contribution < -0.4 is 10.6 Å². The molecule has 6 nitrogen and oxygen atoms in total. The second-order valence-electron chi connectivity index (χ2n) is 8.41. The summed E-state index contributed by atoms with van der Waals surface area (Å²) in [5.41, 5.74) is -0.148. The molecule has 2 aliphatic rings. The molecule has 1 aromatic carbocycles. The van der Waals surface area contributed by atoms with E-state index in [-0.39, 0.29) is 35.3 Å². The van der Waals surface area contributed by atoms with Crippen LogP contribution in [-0.4, -0.2) is 74.5 Å². The van der Waals surface area contributed by atoms with Gasteiger partial charge in [-0.05, 0) is 24.5 Å². The number of benzene rings is 1. The van der Waals surface area contributed by atoms with Gasteiger partial charge in [0.1, 0.15) is 0 Å². The van der Waals surface area contributed by atoms with Gasteiger partial charge in [0.05, 0.1) is 5.56 Å². The van der Waals surface area contributed by atoms with Gasteiger partial charge < -0.3 is 15.5 Å².